The molecule has 2 unspecified atom stereocenters. The number of aliphatic carboxylic acids is 1. The summed E-state index contributed by atoms with van der Waals surface area (Å²) in [5, 5.41) is 9.57. The van der Waals surface area contributed by atoms with Crippen LogP contribution in [0.15, 0.2) is 48.5 Å². The minimum atomic E-state index is -0.872. The Bertz CT molecular complexity index is 646. The molecule has 22 heavy (non-hydrogen) atoms. The van der Waals surface area contributed by atoms with E-state index in [9.17, 15) is 9.90 Å². The van der Waals surface area contributed by atoms with Crippen LogP contribution in [0.25, 0.3) is 0 Å². The monoisotopic (exact) mass is 298 g/mol. The Morgan fingerprint density at radius 2 is 1.55 bits per heavy atom. The van der Waals surface area contributed by atoms with Crippen molar-refractivity contribution in [2.24, 2.45) is 0 Å². The second-order valence-corrected chi connectivity index (χ2v) is 5.47. The maximum atomic E-state index is 11.7. The van der Waals surface area contributed by atoms with E-state index in [2.05, 4.69) is 0 Å². The highest BCUT2D eigenvalue weighted by Crippen LogP contribution is 2.29. The zero-order valence-electron chi connectivity index (χ0n) is 12.4. The molecule has 0 fully saturated rings. The number of hydrogen-bond donors (Lipinski definition) is 1. The number of carbonyl (C=O) groups is 1. The Balaban J connectivity index is 2.04. The van der Waals surface area contributed by atoms with Gasteiger partial charge in [0, 0.05) is 6.42 Å². The standard InChI is InChI=1S/C18H18O4/c1-12-10-11-21-15-6-2-13(3-7-15)17(18(19)20)14-4-8-16(22-12)9-5-14/h2-9,12,17H,10-11H2,1H3,(H,19,20). The summed E-state index contributed by atoms with van der Waals surface area (Å²) in [6.45, 7) is 2.55. The molecule has 2 atom stereocenters. The van der Waals surface area contributed by atoms with Crippen molar-refractivity contribution < 1.29 is 19.4 Å². The van der Waals surface area contributed by atoms with Crippen molar-refractivity contribution in [3.05, 3.63) is 59.7 Å². The molecule has 0 aliphatic carbocycles. The number of ether oxygens (including phenoxy) is 2. The van der Waals surface area contributed by atoms with E-state index in [1.807, 2.05) is 55.5 Å². The number of carboxylic acids is 1. The van der Waals surface area contributed by atoms with Gasteiger partial charge in [-0.25, -0.2) is 0 Å². The molecule has 4 nitrogen and oxygen atoms in total. The molecule has 0 saturated heterocycles. The van der Waals surface area contributed by atoms with Crippen molar-refractivity contribution in [3.8, 4) is 11.5 Å². The molecule has 6 rings (SSSR count). The predicted molar refractivity (Wildman–Crippen MR) is 82.6 cm³/mol. The molecule has 4 aliphatic rings. The zero-order chi connectivity index (χ0) is 15.5. The molecule has 2 aromatic rings. The van der Waals surface area contributed by atoms with Gasteiger partial charge in [-0.05, 0) is 42.3 Å². The highest BCUT2D eigenvalue weighted by Gasteiger charge is 2.22. The van der Waals surface area contributed by atoms with E-state index in [0.29, 0.717) is 6.61 Å². The smallest absolute Gasteiger partial charge is 0.315 e. The average molecular weight is 298 g/mol. The summed E-state index contributed by atoms with van der Waals surface area (Å²) < 4.78 is 11.5. The number of rotatable bonds is 1. The third-order valence-electron chi connectivity index (χ3n) is 3.80. The molecular formula is C18H18O4. The van der Waals surface area contributed by atoms with Crippen LogP contribution in [0.5, 0.6) is 11.5 Å². The molecule has 1 N–H and O–H groups in total. The van der Waals surface area contributed by atoms with Gasteiger partial charge < -0.3 is 14.6 Å². The van der Waals surface area contributed by atoms with Crippen molar-refractivity contribution in [2.75, 3.05) is 6.61 Å². The second kappa shape index (κ2) is 6.10. The summed E-state index contributed by atoms with van der Waals surface area (Å²) in [4.78, 5) is 11.7. The Labute approximate surface area is 129 Å². The van der Waals surface area contributed by atoms with Gasteiger partial charge in [0.1, 0.15) is 17.4 Å². The van der Waals surface area contributed by atoms with E-state index < -0.39 is 11.9 Å². The molecule has 4 heteroatoms. The highest BCUT2D eigenvalue weighted by atomic mass is 16.5. The summed E-state index contributed by atoms with van der Waals surface area (Å²) in [6, 6.07) is 14.5. The molecule has 4 aliphatic heterocycles. The molecule has 0 aromatic heterocycles. The summed E-state index contributed by atoms with van der Waals surface area (Å²) in [7, 11) is 0. The van der Waals surface area contributed by atoms with Gasteiger partial charge in [0.15, 0.2) is 0 Å². The van der Waals surface area contributed by atoms with Gasteiger partial charge in [0.2, 0.25) is 0 Å². The van der Waals surface area contributed by atoms with Crippen molar-refractivity contribution in [2.45, 2.75) is 25.4 Å². The number of hydrogen-bond acceptors (Lipinski definition) is 3. The highest BCUT2D eigenvalue weighted by molar-refractivity contribution is 5.80. The lowest BCUT2D eigenvalue weighted by Gasteiger charge is -2.19. The molecule has 4 bridgehead atoms. The topological polar surface area (TPSA) is 55.8 Å². The van der Waals surface area contributed by atoms with Gasteiger partial charge in [-0.15, -0.1) is 0 Å². The van der Waals surface area contributed by atoms with Crippen molar-refractivity contribution in [3.63, 3.8) is 0 Å². The first-order valence-electron chi connectivity index (χ1n) is 7.35. The molecule has 0 spiro atoms. The average Bonchev–Trinajstić information content (AvgIpc) is 2.50. The lowest BCUT2D eigenvalue weighted by atomic mass is 9.91. The van der Waals surface area contributed by atoms with Crippen LogP contribution < -0.4 is 9.47 Å². The fourth-order valence-corrected chi connectivity index (χ4v) is 2.61. The van der Waals surface area contributed by atoms with Gasteiger partial charge in [0.05, 0.1) is 12.7 Å². The van der Waals surface area contributed by atoms with Crippen LogP contribution in [-0.4, -0.2) is 23.8 Å². The SMILES string of the molecule is CC1CCOc2ccc(cc2)C(C(=O)O)c2ccc(cc2)O1. The zero-order valence-corrected chi connectivity index (χ0v) is 12.4. The third-order valence-corrected chi connectivity index (χ3v) is 3.80. The molecule has 0 saturated carbocycles. The van der Waals surface area contributed by atoms with Gasteiger partial charge in [-0.2, -0.15) is 0 Å². The lowest BCUT2D eigenvalue weighted by molar-refractivity contribution is -0.137. The second-order valence-electron chi connectivity index (χ2n) is 5.47. The first-order chi connectivity index (χ1) is 10.6. The van der Waals surface area contributed by atoms with Crippen LogP contribution in [0.1, 0.15) is 30.4 Å². The first kappa shape index (κ1) is 14.4. The van der Waals surface area contributed by atoms with Crippen LogP contribution in [0, 0.1) is 0 Å². The van der Waals surface area contributed by atoms with Crippen LogP contribution in [0.3, 0.4) is 0 Å². The van der Waals surface area contributed by atoms with Gasteiger partial charge in [0.25, 0.3) is 0 Å². The predicted octanol–water partition coefficient (Wildman–Crippen LogP) is 3.45. The van der Waals surface area contributed by atoms with Gasteiger partial charge in [-0.3, -0.25) is 4.79 Å². The van der Waals surface area contributed by atoms with E-state index in [4.69, 9.17) is 9.47 Å². The molecule has 2 aromatic carbocycles. The maximum absolute atomic E-state index is 11.7. The Kier molecular flexibility index (Phi) is 4.00. The van der Waals surface area contributed by atoms with E-state index in [-0.39, 0.29) is 6.10 Å². The van der Waals surface area contributed by atoms with Crippen molar-refractivity contribution in [1.82, 2.24) is 0 Å². The van der Waals surface area contributed by atoms with Crippen LogP contribution in [-0.2, 0) is 4.79 Å². The summed E-state index contributed by atoms with van der Waals surface area (Å²) in [5.41, 5.74) is 1.47. The Hall–Kier alpha value is -2.49. The largest absolute Gasteiger partial charge is 0.493 e. The quantitative estimate of drug-likeness (QED) is 0.876. The van der Waals surface area contributed by atoms with Crippen LogP contribution >= 0.6 is 0 Å². The molecule has 0 radical (unpaired) electrons. The van der Waals surface area contributed by atoms with Crippen molar-refractivity contribution in [1.29, 1.82) is 0 Å². The van der Waals surface area contributed by atoms with Crippen LogP contribution in [0.4, 0.5) is 0 Å². The van der Waals surface area contributed by atoms with E-state index >= 15 is 0 Å². The molecular weight excluding hydrogens is 280 g/mol. The molecule has 114 valence electrons. The van der Waals surface area contributed by atoms with Crippen LogP contribution in [0.2, 0.25) is 0 Å². The third kappa shape index (κ3) is 3.06. The Morgan fingerprint density at radius 1 is 1.00 bits per heavy atom. The van der Waals surface area contributed by atoms with E-state index in [1.165, 1.54) is 0 Å². The molecule has 0 amide bonds. The summed E-state index contributed by atoms with van der Waals surface area (Å²) >= 11 is 0. The van der Waals surface area contributed by atoms with E-state index in [1.54, 1.807) is 0 Å². The normalized spacial score (nSPS) is 20.8. The van der Waals surface area contributed by atoms with E-state index in [0.717, 1.165) is 29.0 Å². The number of benzene rings is 2. The fraction of sp³-hybridized carbons (Fsp3) is 0.278. The molecule has 4 heterocycles. The maximum Gasteiger partial charge on any atom is 0.315 e. The fourth-order valence-electron chi connectivity index (χ4n) is 2.61. The number of carboxylic acid groups (broad SMARTS) is 1. The van der Waals surface area contributed by atoms with Crippen molar-refractivity contribution >= 4 is 5.97 Å². The van der Waals surface area contributed by atoms with Gasteiger partial charge in [-0.1, -0.05) is 24.3 Å². The first-order valence-corrected chi connectivity index (χ1v) is 7.35. The Morgan fingerprint density at radius 3 is 2.09 bits per heavy atom. The van der Waals surface area contributed by atoms with Gasteiger partial charge >= 0.3 is 5.97 Å². The lowest BCUT2D eigenvalue weighted by Crippen LogP contribution is -2.17. The minimum Gasteiger partial charge on any atom is -0.493 e. The summed E-state index contributed by atoms with van der Waals surface area (Å²) in [5.74, 6) is -0.0800. The summed E-state index contributed by atoms with van der Waals surface area (Å²) in [6.07, 6.45) is 0.810. The minimum absolute atomic E-state index is 0.0309.